The van der Waals surface area contributed by atoms with Crippen molar-refractivity contribution in [2.75, 3.05) is 19.7 Å². The topological polar surface area (TPSA) is 53.4 Å². The van der Waals surface area contributed by atoms with Crippen LogP contribution in [0, 0.1) is 22.7 Å². The molecule has 1 aliphatic heterocycles. The van der Waals surface area contributed by atoms with Crippen LogP contribution < -0.4 is 0 Å². The number of ether oxygens (including phenoxy) is 1. The third-order valence-corrected chi connectivity index (χ3v) is 6.59. The Balaban J connectivity index is 0.000000821. The molecule has 1 aromatic rings. The lowest BCUT2D eigenvalue weighted by molar-refractivity contribution is -0.110. The van der Waals surface area contributed by atoms with Gasteiger partial charge < -0.3 is 14.9 Å². The van der Waals surface area contributed by atoms with Crippen molar-refractivity contribution in [2.24, 2.45) is 17.3 Å². The van der Waals surface area contributed by atoms with Crippen LogP contribution in [-0.4, -0.2) is 43.1 Å². The molecule has 1 aliphatic carbocycles. The van der Waals surface area contributed by atoms with Crippen molar-refractivity contribution in [2.45, 2.75) is 74.3 Å². The van der Waals surface area contributed by atoms with E-state index in [9.17, 15) is 4.79 Å². The molecule has 2 atom stereocenters. The number of nitrogens with zero attached hydrogens (tertiary/aromatic N) is 1. The second-order valence-corrected chi connectivity index (χ2v) is 10.3. The predicted octanol–water partition coefficient (Wildman–Crippen LogP) is 6.69. The van der Waals surface area contributed by atoms with Crippen molar-refractivity contribution in [3.05, 3.63) is 58.9 Å². The number of hydrogen-bond donors (Lipinski definition) is 1. The third-order valence-electron chi connectivity index (χ3n) is 6.59. The van der Waals surface area contributed by atoms with Crippen LogP contribution in [0.15, 0.2) is 47.7 Å². The van der Waals surface area contributed by atoms with Crippen LogP contribution in [0.3, 0.4) is 0 Å². The molecule has 0 amide bonds. The summed E-state index contributed by atoms with van der Waals surface area (Å²) in [6, 6.07) is 8.94. The minimum atomic E-state index is 0. The number of nitrogens with one attached hydrogen (secondary N) is 1. The summed E-state index contributed by atoms with van der Waals surface area (Å²) < 4.78 is 6.15. The molecule has 1 heterocycles. The fraction of sp³-hybridized carbons (Fsp3) is 0.586. The van der Waals surface area contributed by atoms with Crippen molar-refractivity contribution in [3.63, 3.8) is 0 Å². The summed E-state index contributed by atoms with van der Waals surface area (Å²) in [6.07, 6.45) is 10.1. The van der Waals surface area contributed by atoms with Gasteiger partial charge in [-0.25, -0.2) is 0 Å². The first kappa shape index (κ1) is 28.8. The normalized spacial score (nSPS) is 21.8. The van der Waals surface area contributed by atoms with E-state index >= 15 is 0 Å². The molecule has 0 bridgehead atoms. The van der Waals surface area contributed by atoms with Gasteiger partial charge in [0.25, 0.3) is 0 Å². The lowest BCUT2D eigenvalue weighted by atomic mass is 9.79. The molecule has 1 saturated heterocycles. The van der Waals surface area contributed by atoms with Crippen LogP contribution >= 0.6 is 0 Å². The number of aldehydes is 1. The Bertz CT molecular complexity index is 823. The summed E-state index contributed by atoms with van der Waals surface area (Å²) >= 11 is 0. The molecule has 184 valence electrons. The van der Waals surface area contributed by atoms with Gasteiger partial charge >= 0.3 is 0 Å². The van der Waals surface area contributed by atoms with E-state index in [0.717, 1.165) is 50.1 Å². The standard InChI is InChI=1S/C24H34N2O.C4H8O.CH4/c1-18-12-23(8-10-24(18,3)4)27-17-22-13-19(2)26(16-22)11-9-20-6-5-7-21(14-20)15-25;1-4(2)3-5;/h5-8,12,14-15,19,22,25H,9-11,13,16-17H2,1-4H3;3-4H,1-2H3;1H4/t19-,22?;;/m1../s1. The van der Waals surface area contributed by atoms with Crippen molar-refractivity contribution in [3.8, 4) is 0 Å². The van der Waals surface area contributed by atoms with E-state index in [0.29, 0.717) is 12.0 Å². The summed E-state index contributed by atoms with van der Waals surface area (Å²) in [7, 11) is 0. The highest BCUT2D eigenvalue weighted by Gasteiger charge is 2.29. The van der Waals surface area contributed by atoms with Crippen LogP contribution in [0.1, 0.15) is 72.9 Å². The van der Waals surface area contributed by atoms with Crippen LogP contribution in [0.25, 0.3) is 0 Å². The van der Waals surface area contributed by atoms with Gasteiger partial charge in [-0.15, -0.1) is 0 Å². The van der Waals surface area contributed by atoms with Gasteiger partial charge in [0.1, 0.15) is 12.0 Å². The van der Waals surface area contributed by atoms with Gasteiger partial charge in [-0.3, -0.25) is 4.90 Å². The van der Waals surface area contributed by atoms with E-state index in [1.807, 2.05) is 19.9 Å². The number of rotatable bonds is 8. The summed E-state index contributed by atoms with van der Waals surface area (Å²) in [6.45, 7) is 15.9. The zero-order chi connectivity index (χ0) is 23.7. The first-order valence-corrected chi connectivity index (χ1v) is 11.9. The quantitative estimate of drug-likeness (QED) is 0.351. The number of carbonyl (C=O) groups is 1. The van der Waals surface area contributed by atoms with Crippen molar-refractivity contribution >= 4 is 12.5 Å². The molecular formula is C29H46N2O2. The van der Waals surface area contributed by atoms with E-state index in [2.05, 4.69) is 62.9 Å². The zero-order valence-corrected chi connectivity index (χ0v) is 20.9. The lowest BCUT2D eigenvalue weighted by Crippen LogP contribution is -2.29. The highest BCUT2D eigenvalue weighted by molar-refractivity contribution is 5.77. The SMILES string of the molecule is C.CC(C)C=O.CC1=CC(OCC2C[C@@H](C)N(CCc3cccc(C=N)c3)C2)=CCC1(C)C. The molecule has 1 fully saturated rings. The molecule has 2 aliphatic rings. The minimum Gasteiger partial charge on any atom is -0.494 e. The smallest absolute Gasteiger partial charge is 0.122 e. The first-order chi connectivity index (χ1) is 15.1. The Morgan fingerprint density at radius 2 is 2.00 bits per heavy atom. The van der Waals surface area contributed by atoms with Crippen molar-refractivity contribution < 1.29 is 9.53 Å². The van der Waals surface area contributed by atoms with Gasteiger partial charge in [-0.2, -0.15) is 0 Å². The summed E-state index contributed by atoms with van der Waals surface area (Å²) in [5.74, 6) is 1.87. The fourth-order valence-electron chi connectivity index (χ4n) is 4.06. The monoisotopic (exact) mass is 454 g/mol. The fourth-order valence-corrected chi connectivity index (χ4v) is 4.06. The number of benzene rings is 1. The Kier molecular flexibility index (Phi) is 11.8. The molecule has 4 nitrogen and oxygen atoms in total. The van der Waals surface area contributed by atoms with E-state index in [4.69, 9.17) is 10.1 Å². The maximum atomic E-state index is 9.50. The van der Waals surface area contributed by atoms with Gasteiger partial charge in [0, 0.05) is 37.2 Å². The Hall–Kier alpha value is -2.20. The van der Waals surface area contributed by atoms with E-state index < -0.39 is 0 Å². The summed E-state index contributed by atoms with van der Waals surface area (Å²) in [4.78, 5) is 12.1. The van der Waals surface area contributed by atoms with E-state index in [-0.39, 0.29) is 18.8 Å². The number of carbonyl (C=O) groups excluding carboxylic acids is 1. The molecule has 3 rings (SSSR count). The van der Waals surface area contributed by atoms with Crippen molar-refractivity contribution in [1.29, 1.82) is 5.41 Å². The van der Waals surface area contributed by atoms with E-state index in [1.54, 1.807) is 0 Å². The predicted molar refractivity (Wildman–Crippen MR) is 141 cm³/mol. The van der Waals surface area contributed by atoms with Gasteiger partial charge in [0.15, 0.2) is 0 Å². The molecule has 0 spiro atoms. The average molecular weight is 455 g/mol. The molecule has 1 unspecified atom stereocenters. The van der Waals surface area contributed by atoms with Crippen molar-refractivity contribution in [1.82, 2.24) is 4.90 Å². The summed E-state index contributed by atoms with van der Waals surface area (Å²) in [5, 5.41) is 7.40. The van der Waals surface area contributed by atoms with Crippen LogP contribution in [0.2, 0.25) is 0 Å². The summed E-state index contributed by atoms with van der Waals surface area (Å²) in [5.41, 5.74) is 3.98. The zero-order valence-electron chi connectivity index (χ0n) is 20.9. The highest BCUT2D eigenvalue weighted by atomic mass is 16.5. The maximum absolute atomic E-state index is 9.50. The molecule has 0 aromatic heterocycles. The highest BCUT2D eigenvalue weighted by Crippen LogP contribution is 2.35. The number of hydrogen-bond acceptors (Lipinski definition) is 4. The third kappa shape index (κ3) is 9.29. The Morgan fingerprint density at radius 1 is 1.30 bits per heavy atom. The molecule has 4 heteroatoms. The van der Waals surface area contributed by atoms with E-state index in [1.165, 1.54) is 23.8 Å². The Labute approximate surface area is 202 Å². The minimum absolute atomic E-state index is 0. The van der Waals surface area contributed by atoms with Crippen LogP contribution in [0.5, 0.6) is 0 Å². The first-order valence-electron chi connectivity index (χ1n) is 11.9. The van der Waals surface area contributed by atoms with Gasteiger partial charge in [-0.05, 0) is 61.8 Å². The second-order valence-electron chi connectivity index (χ2n) is 10.3. The molecule has 1 N–H and O–H groups in total. The number of allylic oxidation sites excluding steroid dienone is 3. The van der Waals surface area contributed by atoms with Gasteiger partial charge in [0.05, 0.1) is 6.61 Å². The average Bonchev–Trinajstić information content (AvgIpc) is 3.13. The molecule has 0 saturated carbocycles. The largest absolute Gasteiger partial charge is 0.494 e. The number of likely N-dealkylation sites (tertiary alicyclic amines) is 1. The van der Waals surface area contributed by atoms with Gasteiger partial charge in [-0.1, -0.05) is 65.0 Å². The second kappa shape index (κ2) is 13.5. The maximum Gasteiger partial charge on any atom is 0.122 e. The molecular weight excluding hydrogens is 408 g/mol. The lowest BCUT2D eigenvalue weighted by Gasteiger charge is -2.28. The Morgan fingerprint density at radius 3 is 2.61 bits per heavy atom. The van der Waals surface area contributed by atoms with Crippen LogP contribution in [0.4, 0.5) is 0 Å². The molecule has 1 aromatic carbocycles. The molecule has 33 heavy (non-hydrogen) atoms. The van der Waals surface area contributed by atoms with Gasteiger partial charge in [0.2, 0.25) is 0 Å². The van der Waals surface area contributed by atoms with Crippen LogP contribution in [-0.2, 0) is 16.0 Å². The molecule has 0 radical (unpaired) electrons.